The van der Waals surface area contributed by atoms with Crippen LogP contribution in [0.4, 0.5) is 10.6 Å². The Bertz CT molecular complexity index is 1280. The van der Waals surface area contributed by atoms with Gasteiger partial charge in [-0.3, -0.25) is 0 Å². The molecule has 0 atom stereocenters. The lowest BCUT2D eigenvalue weighted by Crippen LogP contribution is -2.27. The number of nitrogens with two attached hydrogens (primary N) is 1. The van der Waals surface area contributed by atoms with Gasteiger partial charge < -0.3 is 15.8 Å². The van der Waals surface area contributed by atoms with Gasteiger partial charge in [0.1, 0.15) is 17.4 Å². The van der Waals surface area contributed by atoms with E-state index in [1.54, 1.807) is 29.9 Å². The Labute approximate surface area is 190 Å². The molecule has 168 valence electrons. The van der Waals surface area contributed by atoms with E-state index in [-0.39, 0.29) is 6.54 Å². The van der Waals surface area contributed by atoms with E-state index in [0.29, 0.717) is 40.9 Å². The largest absolute Gasteiger partial charge is 0.412 e. The van der Waals surface area contributed by atoms with E-state index in [2.05, 4.69) is 30.8 Å². The molecule has 10 nitrogen and oxygen atoms in total. The van der Waals surface area contributed by atoms with Crippen LogP contribution in [-0.2, 0) is 13.0 Å². The van der Waals surface area contributed by atoms with Crippen molar-refractivity contribution in [3.63, 3.8) is 0 Å². The molecule has 0 spiro atoms. The fourth-order valence-corrected chi connectivity index (χ4v) is 3.26. The number of benzene rings is 2. The molecule has 2 heterocycles. The summed E-state index contributed by atoms with van der Waals surface area (Å²) in [6, 6.07) is 13.5. The maximum atomic E-state index is 12.5. The zero-order valence-electron chi connectivity index (χ0n) is 18.6. The van der Waals surface area contributed by atoms with Crippen LogP contribution in [0.2, 0.25) is 0 Å². The van der Waals surface area contributed by atoms with Crippen molar-refractivity contribution in [1.29, 1.82) is 0 Å². The number of hydrogen-bond acceptors (Lipinski definition) is 8. The summed E-state index contributed by atoms with van der Waals surface area (Å²) in [5, 5.41) is 14.6. The fourth-order valence-electron chi connectivity index (χ4n) is 3.26. The molecule has 0 fully saturated rings. The number of ether oxygens (including phenoxy) is 1. The van der Waals surface area contributed by atoms with E-state index in [1.165, 1.54) is 0 Å². The maximum absolute atomic E-state index is 12.5. The predicted molar refractivity (Wildman–Crippen MR) is 123 cm³/mol. The smallest absolute Gasteiger partial charge is 0.410 e. The first kappa shape index (κ1) is 21.9. The van der Waals surface area contributed by atoms with Gasteiger partial charge in [-0.2, -0.15) is 4.68 Å². The number of hydrogen-bond donors (Lipinski definition) is 2. The number of rotatable bonds is 6. The van der Waals surface area contributed by atoms with Crippen molar-refractivity contribution in [1.82, 2.24) is 35.5 Å². The third kappa shape index (κ3) is 5.12. The molecule has 1 amide bonds. The number of nitrogen functional groups attached to an aromatic ring is 1. The summed E-state index contributed by atoms with van der Waals surface area (Å²) < 4.78 is 7.22. The normalized spacial score (nSPS) is 10.8. The van der Waals surface area contributed by atoms with Crippen molar-refractivity contribution in [2.75, 3.05) is 5.73 Å². The van der Waals surface area contributed by atoms with Crippen LogP contribution < -0.4 is 15.8 Å². The average Bonchev–Trinajstić information content (AvgIpc) is 3.28. The molecule has 10 heteroatoms. The Morgan fingerprint density at radius 1 is 1.12 bits per heavy atom. The number of carbonyl (C=O) groups is 1. The van der Waals surface area contributed by atoms with Crippen molar-refractivity contribution in [2.24, 2.45) is 0 Å². The zero-order valence-corrected chi connectivity index (χ0v) is 18.6. The minimum atomic E-state index is -0.630. The molecule has 0 saturated heterocycles. The van der Waals surface area contributed by atoms with Crippen LogP contribution in [0.5, 0.6) is 5.75 Å². The Hall–Kier alpha value is -4.34. The highest BCUT2D eigenvalue weighted by molar-refractivity contribution is 5.74. The second kappa shape index (κ2) is 9.43. The second-order valence-electron chi connectivity index (χ2n) is 7.51. The van der Waals surface area contributed by atoms with Crippen LogP contribution in [0.15, 0.2) is 48.7 Å². The molecule has 0 unspecified atom stereocenters. The SMILES string of the molecule is CCc1nnnn1-c1cc(OC(=O)NCc2cnc(C)nc2N)cc(-c2ccc(C)cc2)c1. The van der Waals surface area contributed by atoms with E-state index in [4.69, 9.17) is 10.5 Å². The number of aryl methyl sites for hydroxylation is 3. The van der Waals surface area contributed by atoms with E-state index in [9.17, 15) is 4.79 Å². The highest BCUT2D eigenvalue weighted by Crippen LogP contribution is 2.28. The van der Waals surface area contributed by atoms with Gasteiger partial charge in [0.2, 0.25) is 0 Å². The molecule has 4 aromatic rings. The summed E-state index contributed by atoms with van der Waals surface area (Å²) in [5.41, 5.74) is 10.2. The van der Waals surface area contributed by atoms with Gasteiger partial charge in [-0.25, -0.2) is 14.8 Å². The average molecular weight is 444 g/mol. The number of nitrogens with zero attached hydrogens (tertiary/aromatic N) is 6. The van der Waals surface area contributed by atoms with Crippen LogP contribution in [0.1, 0.15) is 29.7 Å². The monoisotopic (exact) mass is 444 g/mol. The first-order chi connectivity index (χ1) is 15.9. The van der Waals surface area contributed by atoms with Crippen molar-refractivity contribution in [2.45, 2.75) is 33.7 Å². The molecule has 33 heavy (non-hydrogen) atoms. The minimum absolute atomic E-state index is 0.141. The number of anilines is 1. The Kier molecular flexibility index (Phi) is 6.25. The van der Waals surface area contributed by atoms with Gasteiger partial charge in [-0.1, -0.05) is 36.8 Å². The first-order valence-corrected chi connectivity index (χ1v) is 10.5. The summed E-state index contributed by atoms with van der Waals surface area (Å²) in [7, 11) is 0. The third-order valence-electron chi connectivity index (χ3n) is 5.02. The molecular weight excluding hydrogens is 420 g/mol. The Morgan fingerprint density at radius 2 is 1.91 bits per heavy atom. The van der Waals surface area contributed by atoms with Crippen LogP contribution in [0, 0.1) is 13.8 Å². The number of nitrogens with one attached hydrogen (secondary N) is 1. The van der Waals surface area contributed by atoms with Crippen molar-refractivity contribution in [3.8, 4) is 22.6 Å². The molecule has 0 bridgehead atoms. The van der Waals surface area contributed by atoms with Crippen LogP contribution in [0.3, 0.4) is 0 Å². The zero-order chi connectivity index (χ0) is 23.4. The van der Waals surface area contributed by atoms with Crippen LogP contribution in [0.25, 0.3) is 16.8 Å². The second-order valence-corrected chi connectivity index (χ2v) is 7.51. The first-order valence-electron chi connectivity index (χ1n) is 10.5. The lowest BCUT2D eigenvalue weighted by molar-refractivity contribution is 0.200. The van der Waals surface area contributed by atoms with Crippen LogP contribution >= 0.6 is 0 Å². The van der Waals surface area contributed by atoms with Crippen molar-refractivity contribution >= 4 is 11.9 Å². The quantitative estimate of drug-likeness (QED) is 0.463. The fraction of sp³-hybridized carbons (Fsp3) is 0.217. The molecule has 4 rings (SSSR count). The molecule has 0 aliphatic heterocycles. The Balaban J connectivity index is 1.61. The molecule has 2 aromatic heterocycles. The Morgan fingerprint density at radius 3 is 2.64 bits per heavy atom. The van der Waals surface area contributed by atoms with Gasteiger partial charge in [0.15, 0.2) is 5.82 Å². The number of tetrazole rings is 1. The standard InChI is InChI=1S/C23H24N8O2/c1-4-21-28-29-30-31(21)19-9-17(16-7-5-14(2)6-8-16)10-20(11-19)33-23(32)26-13-18-12-25-15(3)27-22(18)24/h5-12H,4,13H2,1-3H3,(H,26,32)(H2,24,25,27). The van der Waals surface area contributed by atoms with Crippen molar-refractivity contribution < 1.29 is 9.53 Å². The number of carbonyl (C=O) groups excluding carboxylic acids is 1. The van der Waals surface area contributed by atoms with E-state index >= 15 is 0 Å². The van der Waals surface area contributed by atoms with Gasteiger partial charge in [0.05, 0.1) is 12.2 Å². The highest BCUT2D eigenvalue weighted by Gasteiger charge is 2.13. The highest BCUT2D eigenvalue weighted by atomic mass is 16.6. The molecule has 0 radical (unpaired) electrons. The van der Waals surface area contributed by atoms with E-state index in [0.717, 1.165) is 16.7 Å². The van der Waals surface area contributed by atoms with E-state index < -0.39 is 6.09 Å². The summed E-state index contributed by atoms with van der Waals surface area (Å²) in [6.45, 7) is 5.88. The van der Waals surface area contributed by atoms with Gasteiger partial charge in [0.25, 0.3) is 0 Å². The number of aromatic nitrogens is 6. The number of amides is 1. The molecule has 0 saturated carbocycles. The van der Waals surface area contributed by atoms with Crippen LogP contribution in [-0.4, -0.2) is 36.3 Å². The molecule has 2 aromatic carbocycles. The molecule has 0 aliphatic carbocycles. The van der Waals surface area contributed by atoms with Crippen molar-refractivity contribution in [3.05, 3.63) is 71.4 Å². The van der Waals surface area contributed by atoms with Gasteiger partial charge in [-0.05, 0) is 47.5 Å². The van der Waals surface area contributed by atoms with Gasteiger partial charge in [-0.15, -0.1) is 5.10 Å². The van der Waals surface area contributed by atoms with Gasteiger partial charge >= 0.3 is 6.09 Å². The molecular formula is C23H24N8O2. The summed E-state index contributed by atoms with van der Waals surface area (Å²) >= 11 is 0. The summed E-state index contributed by atoms with van der Waals surface area (Å²) in [6.07, 6.45) is 1.60. The topological polar surface area (TPSA) is 134 Å². The molecule has 0 aliphatic rings. The minimum Gasteiger partial charge on any atom is -0.410 e. The third-order valence-corrected chi connectivity index (χ3v) is 5.02. The predicted octanol–water partition coefficient (Wildman–Crippen LogP) is 3.17. The lowest BCUT2D eigenvalue weighted by Gasteiger charge is -2.12. The molecule has 3 N–H and O–H groups in total. The van der Waals surface area contributed by atoms with E-state index in [1.807, 2.05) is 44.2 Å². The summed E-state index contributed by atoms with van der Waals surface area (Å²) in [4.78, 5) is 20.7. The lowest BCUT2D eigenvalue weighted by atomic mass is 10.0. The maximum Gasteiger partial charge on any atom is 0.412 e. The summed E-state index contributed by atoms with van der Waals surface area (Å²) in [5.74, 6) is 1.93. The van der Waals surface area contributed by atoms with Gasteiger partial charge in [0, 0.05) is 24.2 Å².